The number of amides is 1. The number of rotatable bonds is 1. The van der Waals surface area contributed by atoms with Crippen LogP contribution in [0, 0.1) is 0 Å². The molecule has 1 saturated heterocycles. The van der Waals surface area contributed by atoms with Gasteiger partial charge in [-0.2, -0.15) is 0 Å². The third-order valence-corrected chi connectivity index (χ3v) is 2.92. The second-order valence-corrected chi connectivity index (χ2v) is 4.10. The molecule has 1 aromatic rings. The van der Waals surface area contributed by atoms with Gasteiger partial charge in [-0.05, 0) is 28.8 Å². The average molecular weight is 259 g/mol. The summed E-state index contributed by atoms with van der Waals surface area (Å²) >= 11 is 3.22. The van der Waals surface area contributed by atoms with E-state index in [1.165, 1.54) is 4.68 Å². The Bertz CT molecular complexity index is 337. The molecule has 0 radical (unpaired) electrons. The molecule has 76 valence electrons. The molecule has 0 unspecified atom stereocenters. The summed E-state index contributed by atoms with van der Waals surface area (Å²) in [5, 5.41) is 7.57. The van der Waals surface area contributed by atoms with Crippen molar-refractivity contribution < 1.29 is 4.79 Å². The van der Waals surface area contributed by atoms with E-state index in [9.17, 15) is 4.79 Å². The number of nitrogens with zero attached hydrogens (tertiary/aromatic N) is 4. The smallest absolute Gasteiger partial charge is 0.275 e. The van der Waals surface area contributed by atoms with E-state index in [1.807, 2.05) is 4.90 Å². The highest BCUT2D eigenvalue weighted by molar-refractivity contribution is 9.10. The van der Waals surface area contributed by atoms with E-state index in [-0.39, 0.29) is 5.91 Å². The molecule has 0 atom stereocenters. The van der Waals surface area contributed by atoms with Crippen molar-refractivity contribution in [2.24, 2.45) is 7.05 Å². The first-order valence-corrected chi connectivity index (χ1v) is 5.34. The number of hydrogen-bond donors (Lipinski definition) is 0. The molecule has 0 spiro atoms. The maximum absolute atomic E-state index is 11.9. The van der Waals surface area contributed by atoms with Gasteiger partial charge in [0.25, 0.3) is 5.91 Å². The number of aromatic nitrogens is 3. The third-order valence-electron chi connectivity index (χ3n) is 2.38. The minimum Gasteiger partial charge on any atom is -0.337 e. The van der Waals surface area contributed by atoms with Crippen LogP contribution in [0.3, 0.4) is 0 Å². The summed E-state index contributed by atoms with van der Waals surface area (Å²) in [5.41, 5.74) is 0.534. The Morgan fingerprint density at radius 2 is 2.07 bits per heavy atom. The molecular weight excluding hydrogens is 248 g/mol. The fourth-order valence-electron chi connectivity index (χ4n) is 1.63. The van der Waals surface area contributed by atoms with Gasteiger partial charge in [-0.1, -0.05) is 5.21 Å². The Kier molecular flexibility index (Phi) is 2.54. The molecule has 0 N–H and O–H groups in total. The Labute approximate surface area is 90.2 Å². The molecule has 5 nitrogen and oxygen atoms in total. The van der Waals surface area contributed by atoms with Crippen LogP contribution in [0.2, 0.25) is 0 Å². The lowest BCUT2D eigenvalue weighted by Gasteiger charge is -2.14. The lowest BCUT2D eigenvalue weighted by atomic mass is 10.4. The molecule has 0 saturated carbocycles. The molecule has 0 aliphatic carbocycles. The number of hydrogen-bond acceptors (Lipinski definition) is 3. The maximum atomic E-state index is 11.9. The predicted molar refractivity (Wildman–Crippen MR) is 53.8 cm³/mol. The standard InChI is InChI=1S/C8H11BrN4O/c1-12-6(7(9)10-11-12)8(14)13-4-2-3-5-13/h2-5H2,1H3. The van der Waals surface area contributed by atoms with Crippen LogP contribution in [-0.4, -0.2) is 38.9 Å². The second-order valence-electron chi connectivity index (χ2n) is 3.35. The molecule has 2 rings (SSSR count). The number of halogens is 1. The molecule has 1 aromatic heterocycles. The van der Waals surface area contributed by atoms with Crippen molar-refractivity contribution in [3.63, 3.8) is 0 Å². The highest BCUT2D eigenvalue weighted by Crippen LogP contribution is 2.17. The van der Waals surface area contributed by atoms with Gasteiger partial charge in [-0.25, -0.2) is 4.68 Å². The van der Waals surface area contributed by atoms with Gasteiger partial charge in [0.15, 0.2) is 10.3 Å². The topological polar surface area (TPSA) is 51.0 Å². The van der Waals surface area contributed by atoms with Crippen molar-refractivity contribution in [1.29, 1.82) is 0 Å². The van der Waals surface area contributed by atoms with Gasteiger partial charge in [-0.15, -0.1) is 5.10 Å². The van der Waals surface area contributed by atoms with Crippen LogP contribution < -0.4 is 0 Å². The van der Waals surface area contributed by atoms with Crippen LogP contribution in [0.5, 0.6) is 0 Å². The number of carbonyl (C=O) groups excluding carboxylic acids is 1. The Morgan fingerprint density at radius 1 is 1.43 bits per heavy atom. The number of carbonyl (C=O) groups is 1. The Hall–Kier alpha value is -0.910. The van der Waals surface area contributed by atoms with Crippen molar-refractivity contribution >= 4 is 21.8 Å². The third kappa shape index (κ3) is 1.54. The van der Waals surface area contributed by atoms with Gasteiger partial charge < -0.3 is 4.90 Å². The van der Waals surface area contributed by atoms with Gasteiger partial charge in [0.05, 0.1) is 0 Å². The zero-order valence-electron chi connectivity index (χ0n) is 7.90. The van der Waals surface area contributed by atoms with E-state index in [0.29, 0.717) is 10.3 Å². The summed E-state index contributed by atoms with van der Waals surface area (Å²) in [4.78, 5) is 13.8. The summed E-state index contributed by atoms with van der Waals surface area (Å²) in [7, 11) is 1.72. The van der Waals surface area contributed by atoms with Crippen LogP contribution in [0.4, 0.5) is 0 Å². The van der Waals surface area contributed by atoms with Crippen LogP contribution in [0.1, 0.15) is 23.3 Å². The monoisotopic (exact) mass is 258 g/mol. The van der Waals surface area contributed by atoms with Crippen molar-refractivity contribution in [2.45, 2.75) is 12.8 Å². The second kappa shape index (κ2) is 3.68. The first-order chi connectivity index (χ1) is 6.70. The molecule has 0 aromatic carbocycles. The van der Waals surface area contributed by atoms with E-state index in [1.54, 1.807) is 7.05 Å². The van der Waals surface area contributed by atoms with Crippen LogP contribution in [-0.2, 0) is 7.05 Å². The van der Waals surface area contributed by atoms with Gasteiger partial charge in [0.2, 0.25) is 0 Å². The van der Waals surface area contributed by atoms with Crippen LogP contribution >= 0.6 is 15.9 Å². The molecule has 1 aliphatic rings. The first-order valence-electron chi connectivity index (χ1n) is 4.54. The van der Waals surface area contributed by atoms with Crippen molar-refractivity contribution in [3.05, 3.63) is 10.3 Å². The number of aryl methyl sites for hydroxylation is 1. The van der Waals surface area contributed by atoms with Crippen molar-refractivity contribution in [3.8, 4) is 0 Å². The SMILES string of the molecule is Cn1nnc(Br)c1C(=O)N1CCCC1. The van der Waals surface area contributed by atoms with E-state index in [4.69, 9.17) is 0 Å². The summed E-state index contributed by atoms with van der Waals surface area (Å²) < 4.78 is 2.03. The zero-order valence-corrected chi connectivity index (χ0v) is 9.49. The largest absolute Gasteiger partial charge is 0.337 e. The molecule has 14 heavy (non-hydrogen) atoms. The van der Waals surface area contributed by atoms with Gasteiger partial charge >= 0.3 is 0 Å². The summed E-state index contributed by atoms with van der Waals surface area (Å²) in [6.07, 6.45) is 2.18. The Morgan fingerprint density at radius 3 is 2.57 bits per heavy atom. The zero-order chi connectivity index (χ0) is 10.1. The van der Waals surface area contributed by atoms with E-state index in [2.05, 4.69) is 26.2 Å². The lowest BCUT2D eigenvalue weighted by Crippen LogP contribution is -2.29. The van der Waals surface area contributed by atoms with E-state index >= 15 is 0 Å². The summed E-state index contributed by atoms with van der Waals surface area (Å²) in [6.45, 7) is 1.69. The highest BCUT2D eigenvalue weighted by Gasteiger charge is 2.24. The molecule has 1 aliphatic heterocycles. The van der Waals surface area contributed by atoms with Gasteiger partial charge in [-0.3, -0.25) is 4.79 Å². The van der Waals surface area contributed by atoms with E-state index in [0.717, 1.165) is 25.9 Å². The van der Waals surface area contributed by atoms with Gasteiger partial charge in [0, 0.05) is 20.1 Å². The Balaban J connectivity index is 2.25. The summed E-state index contributed by atoms with van der Waals surface area (Å²) in [6, 6.07) is 0. The lowest BCUT2D eigenvalue weighted by molar-refractivity contribution is 0.0781. The molecule has 6 heteroatoms. The fourth-order valence-corrected chi connectivity index (χ4v) is 2.13. The normalized spacial score (nSPS) is 16.3. The molecular formula is C8H11BrN4O. The highest BCUT2D eigenvalue weighted by atomic mass is 79.9. The van der Waals surface area contributed by atoms with Crippen molar-refractivity contribution in [2.75, 3.05) is 13.1 Å². The molecule has 1 fully saturated rings. The first kappa shape index (κ1) is 9.64. The quantitative estimate of drug-likeness (QED) is 0.750. The number of likely N-dealkylation sites (tertiary alicyclic amines) is 1. The average Bonchev–Trinajstić information content (AvgIpc) is 2.75. The van der Waals surface area contributed by atoms with Crippen molar-refractivity contribution in [1.82, 2.24) is 19.9 Å². The predicted octanol–water partition coefficient (Wildman–Crippen LogP) is 0.814. The van der Waals surface area contributed by atoms with E-state index < -0.39 is 0 Å². The molecule has 0 bridgehead atoms. The van der Waals surface area contributed by atoms with Gasteiger partial charge in [0.1, 0.15) is 0 Å². The van der Waals surface area contributed by atoms with Crippen LogP contribution in [0.15, 0.2) is 4.60 Å². The minimum atomic E-state index is 0.0156. The minimum absolute atomic E-state index is 0.0156. The van der Waals surface area contributed by atoms with Crippen LogP contribution in [0.25, 0.3) is 0 Å². The summed E-state index contributed by atoms with van der Waals surface area (Å²) in [5.74, 6) is 0.0156. The molecule has 1 amide bonds. The maximum Gasteiger partial charge on any atom is 0.275 e. The molecule has 2 heterocycles. The fraction of sp³-hybridized carbons (Fsp3) is 0.625.